The van der Waals surface area contributed by atoms with Gasteiger partial charge in [0.15, 0.2) is 0 Å². The van der Waals surface area contributed by atoms with Gasteiger partial charge in [-0.1, -0.05) is 18.2 Å². The van der Waals surface area contributed by atoms with Gasteiger partial charge in [-0.3, -0.25) is 4.79 Å². The zero-order chi connectivity index (χ0) is 14.4. The third kappa shape index (κ3) is 4.00. The molecule has 1 saturated heterocycles. The van der Waals surface area contributed by atoms with E-state index in [1.54, 1.807) is 11.8 Å². The van der Waals surface area contributed by atoms with Crippen molar-refractivity contribution in [3.63, 3.8) is 0 Å². The molecule has 1 atom stereocenters. The minimum Gasteiger partial charge on any atom is -0.480 e. The standard InChI is InChI=1S/C15H19NO3S/c17-14(9-11-20-12-6-2-1-3-7-12)16-10-5-4-8-13(16)15(18)19/h1-3,6-7,13H,4-5,8-11H2,(H,18,19)/t13-/m1/s1. The van der Waals surface area contributed by atoms with E-state index in [4.69, 9.17) is 5.11 Å². The van der Waals surface area contributed by atoms with Crippen LogP contribution in [0.25, 0.3) is 0 Å². The number of likely N-dealkylation sites (tertiary alicyclic amines) is 1. The van der Waals surface area contributed by atoms with Gasteiger partial charge in [-0.05, 0) is 31.4 Å². The number of rotatable bonds is 5. The summed E-state index contributed by atoms with van der Waals surface area (Å²) in [5.74, 6) is -0.236. The molecule has 2 rings (SSSR count). The number of carbonyl (C=O) groups excluding carboxylic acids is 1. The number of thioether (sulfide) groups is 1. The predicted molar refractivity (Wildman–Crippen MR) is 78.8 cm³/mol. The highest BCUT2D eigenvalue weighted by Gasteiger charge is 2.31. The van der Waals surface area contributed by atoms with Crippen LogP contribution in [-0.2, 0) is 9.59 Å². The van der Waals surface area contributed by atoms with Crippen LogP contribution in [0, 0.1) is 0 Å². The van der Waals surface area contributed by atoms with E-state index in [1.807, 2.05) is 30.3 Å². The Labute approximate surface area is 123 Å². The van der Waals surface area contributed by atoms with Crippen molar-refractivity contribution in [2.75, 3.05) is 12.3 Å². The lowest BCUT2D eigenvalue weighted by molar-refractivity contribution is -0.151. The lowest BCUT2D eigenvalue weighted by Gasteiger charge is -2.33. The van der Waals surface area contributed by atoms with Crippen LogP contribution in [0.5, 0.6) is 0 Å². The fourth-order valence-electron chi connectivity index (χ4n) is 2.40. The highest BCUT2D eigenvalue weighted by atomic mass is 32.2. The van der Waals surface area contributed by atoms with Crippen molar-refractivity contribution in [3.05, 3.63) is 30.3 Å². The zero-order valence-corrected chi connectivity index (χ0v) is 12.1. The molecule has 1 aliphatic rings. The zero-order valence-electron chi connectivity index (χ0n) is 11.3. The molecule has 20 heavy (non-hydrogen) atoms. The maximum absolute atomic E-state index is 12.2. The maximum Gasteiger partial charge on any atom is 0.326 e. The van der Waals surface area contributed by atoms with Gasteiger partial charge in [0, 0.05) is 23.6 Å². The first-order valence-corrected chi connectivity index (χ1v) is 7.87. The molecule has 0 radical (unpaired) electrons. The summed E-state index contributed by atoms with van der Waals surface area (Å²) < 4.78 is 0. The molecule has 4 nitrogen and oxygen atoms in total. The van der Waals surface area contributed by atoms with Crippen molar-refractivity contribution in [2.45, 2.75) is 36.6 Å². The Morgan fingerprint density at radius 2 is 2.00 bits per heavy atom. The summed E-state index contributed by atoms with van der Waals surface area (Å²) in [6.45, 7) is 0.575. The van der Waals surface area contributed by atoms with Gasteiger partial charge >= 0.3 is 5.97 Å². The largest absolute Gasteiger partial charge is 0.480 e. The van der Waals surface area contributed by atoms with Crippen molar-refractivity contribution in [3.8, 4) is 0 Å². The minimum absolute atomic E-state index is 0.0412. The van der Waals surface area contributed by atoms with E-state index in [9.17, 15) is 9.59 Å². The number of carboxylic acids is 1. The van der Waals surface area contributed by atoms with E-state index in [0.29, 0.717) is 25.1 Å². The van der Waals surface area contributed by atoms with Crippen molar-refractivity contribution in [1.82, 2.24) is 4.90 Å². The Morgan fingerprint density at radius 1 is 1.25 bits per heavy atom. The second-order valence-corrected chi connectivity index (χ2v) is 6.02. The molecule has 1 fully saturated rings. The van der Waals surface area contributed by atoms with Crippen LogP contribution >= 0.6 is 11.8 Å². The van der Waals surface area contributed by atoms with E-state index in [-0.39, 0.29) is 5.91 Å². The first kappa shape index (κ1) is 14.9. The molecule has 0 unspecified atom stereocenters. The van der Waals surface area contributed by atoms with E-state index in [1.165, 1.54) is 4.90 Å². The summed E-state index contributed by atoms with van der Waals surface area (Å²) in [6.07, 6.45) is 2.76. The number of aliphatic carboxylic acids is 1. The van der Waals surface area contributed by atoms with E-state index >= 15 is 0 Å². The Kier molecular flexibility index (Phi) is 5.47. The highest BCUT2D eigenvalue weighted by molar-refractivity contribution is 7.99. The molecular weight excluding hydrogens is 274 g/mol. The Bertz CT molecular complexity index is 463. The highest BCUT2D eigenvalue weighted by Crippen LogP contribution is 2.21. The van der Waals surface area contributed by atoms with Crippen molar-refractivity contribution in [2.24, 2.45) is 0 Å². The molecule has 0 aromatic heterocycles. The number of nitrogens with zero attached hydrogens (tertiary/aromatic N) is 1. The van der Waals surface area contributed by atoms with Gasteiger partial charge in [0.25, 0.3) is 0 Å². The number of hydrogen-bond acceptors (Lipinski definition) is 3. The SMILES string of the molecule is O=C(O)[C@H]1CCCCN1C(=O)CCSc1ccccc1. The fraction of sp³-hybridized carbons (Fsp3) is 0.467. The summed E-state index contributed by atoms with van der Waals surface area (Å²) in [6, 6.07) is 9.29. The first-order chi connectivity index (χ1) is 9.68. The molecule has 1 amide bonds. The van der Waals surface area contributed by atoms with E-state index < -0.39 is 12.0 Å². The molecule has 1 N–H and O–H groups in total. The fourth-order valence-corrected chi connectivity index (χ4v) is 3.27. The molecule has 0 bridgehead atoms. The van der Waals surface area contributed by atoms with E-state index in [2.05, 4.69) is 0 Å². The number of carboxylic acid groups (broad SMARTS) is 1. The summed E-state index contributed by atoms with van der Waals surface area (Å²) in [4.78, 5) is 26.0. The van der Waals surface area contributed by atoms with Crippen LogP contribution in [-0.4, -0.2) is 40.2 Å². The van der Waals surface area contributed by atoms with Gasteiger partial charge in [0.2, 0.25) is 5.91 Å². The summed E-state index contributed by atoms with van der Waals surface area (Å²) in [5, 5.41) is 9.16. The first-order valence-electron chi connectivity index (χ1n) is 6.88. The lowest BCUT2D eigenvalue weighted by Crippen LogP contribution is -2.48. The number of amides is 1. The van der Waals surface area contributed by atoms with Gasteiger partial charge in [0.05, 0.1) is 0 Å². The quantitative estimate of drug-likeness (QED) is 0.848. The van der Waals surface area contributed by atoms with Crippen molar-refractivity contribution in [1.29, 1.82) is 0 Å². The van der Waals surface area contributed by atoms with Crippen LogP contribution < -0.4 is 0 Å². The van der Waals surface area contributed by atoms with Gasteiger partial charge in [-0.25, -0.2) is 4.79 Å². The van der Waals surface area contributed by atoms with Gasteiger partial charge in [0.1, 0.15) is 6.04 Å². The monoisotopic (exact) mass is 293 g/mol. The normalized spacial score (nSPS) is 18.8. The third-order valence-electron chi connectivity index (χ3n) is 3.44. The molecule has 1 aromatic carbocycles. The Balaban J connectivity index is 1.83. The van der Waals surface area contributed by atoms with Gasteiger partial charge < -0.3 is 10.0 Å². The summed E-state index contributed by atoms with van der Waals surface area (Å²) in [5.41, 5.74) is 0. The number of carbonyl (C=O) groups is 2. The third-order valence-corrected chi connectivity index (χ3v) is 4.45. The van der Waals surface area contributed by atoms with Crippen LogP contribution in [0.3, 0.4) is 0 Å². The summed E-state index contributed by atoms with van der Waals surface area (Å²) in [7, 11) is 0. The number of hydrogen-bond donors (Lipinski definition) is 1. The van der Waals surface area contributed by atoms with E-state index in [0.717, 1.165) is 17.7 Å². The lowest BCUT2D eigenvalue weighted by atomic mass is 10.0. The Hall–Kier alpha value is -1.49. The Morgan fingerprint density at radius 3 is 2.70 bits per heavy atom. The second kappa shape index (κ2) is 7.33. The average molecular weight is 293 g/mol. The van der Waals surface area contributed by atoms with Gasteiger partial charge in [-0.15, -0.1) is 11.8 Å². The molecule has 1 aliphatic heterocycles. The molecule has 0 saturated carbocycles. The molecule has 5 heteroatoms. The molecule has 1 aromatic rings. The predicted octanol–water partition coefficient (Wildman–Crippen LogP) is 2.63. The maximum atomic E-state index is 12.2. The van der Waals surface area contributed by atoms with Crippen molar-refractivity contribution < 1.29 is 14.7 Å². The van der Waals surface area contributed by atoms with Crippen molar-refractivity contribution >= 4 is 23.6 Å². The molecule has 108 valence electrons. The van der Waals surface area contributed by atoms with Crippen LogP contribution in [0.1, 0.15) is 25.7 Å². The number of benzene rings is 1. The average Bonchev–Trinajstić information content (AvgIpc) is 2.48. The molecular formula is C15H19NO3S. The smallest absolute Gasteiger partial charge is 0.326 e. The van der Waals surface area contributed by atoms with Crippen LogP contribution in [0.15, 0.2) is 35.2 Å². The topological polar surface area (TPSA) is 57.6 Å². The van der Waals surface area contributed by atoms with Gasteiger partial charge in [-0.2, -0.15) is 0 Å². The number of piperidine rings is 1. The molecule has 0 spiro atoms. The summed E-state index contributed by atoms with van der Waals surface area (Å²) >= 11 is 1.63. The minimum atomic E-state index is -0.881. The molecule has 1 heterocycles. The second-order valence-electron chi connectivity index (χ2n) is 4.85. The van der Waals surface area contributed by atoms with Crippen LogP contribution in [0.4, 0.5) is 0 Å². The molecule has 0 aliphatic carbocycles. The van der Waals surface area contributed by atoms with Crippen LogP contribution in [0.2, 0.25) is 0 Å².